The van der Waals surface area contributed by atoms with Crippen molar-refractivity contribution in [1.82, 2.24) is 4.90 Å². The van der Waals surface area contributed by atoms with Crippen LogP contribution in [0.25, 0.3) is 0 Å². The van der Waals surface area contributed by atoms with Crippen molar-refractivity contribution in [1.29, 1.82) is 0 Å². The number of rotatable bonds is 4. The Morgan fingerprint density at radius 3 is 2.47 bits per heavy atom. The molecule has 1 fully saturated rings. The van der Waals surface area contributed by atoms with Crippen LogP contribution in [0.2, 0.25) is 0 Å². The quantitative estimate of drug-likeness (QED) is 0.753. The second kappa shape index (κ2) is 5.54. The van der Waals surface area contributed by atoms with E-state index in [1.807, 2.05) is 36.1 Å². The molecule has 0 unspecified atom stereocenters. The summed E-state index contributed by atoms with van der Waals surface area (Å²) in [6, 6.07) is 8.16. The zero-order chi connectivity index (χ0) is 12.3. The van der Waals surface area contributed by atoms with Gasteiger partial charge in [0.1, 0.15) is 0 Å². The summed E-state index contributed by atoms with van der Waals surface area (Å²) in [4.78, 5) is 14.3. The lowest BCUT2D eigenvalue weighted by Gasteiger charge is -2.37. The molecule has 0 N–H and O–H groups in total. The van der Waals surface area contributed by atoms with Crippen LogP contribution < -0.4 is 0 Å². The Kier molecular flexibility index (Phi) is 4.06. The van der Waals surface area contributed by atoms with Gasteiger partial charge in [0.15, 0.2) is 0 Å². The second-order valence-corrected chi connectivity index (χ2v) is 5.02. The third-order valence-electron chi connectivity index (χ3n) is 3.40. The molecule has 0 spiro atoms. The van der Waals surface area contributed by atoms with E-state index in [0.29, 0.717) is 18.5 Å². The standard InChI is InChI=1S/C14H18ClNO/c1-11-5-7-12(8-6-11)14(17)16(10-9-15)13-3-2-4-13/h5-8,13H,2-4,9-10H2,1H3. The fourth-order valence-electron chi connectivity index (χ4n) is 2.10. The van der Waals surface area contributed by atoms with Crippen molar-refractivity contribution in [2.24, 2.45) is 0 Å². The van der Waals surface area contributed by atoms with Gasteiger partial charge in [0, 0.05) is 24.0 Å². The largest absolute Gasteiger partial charge is 0.334 e. The van der Waals surface area contributed by atoms with E-state index in [9.17, 15) is 4.79 Å². The summed E-state index contributed by atoms with van der Waals surface area (Å²) in [5.41, 5.74) is 1.95. The summed E-state index contributed by atoms with van der Waals surface area (Å²) in [5.74, 6) is 0.629. The molecule has 0 aliphatic heterocycles. The lowest BCUT2D eigenvalue weighted by molar-refractivity contribution is 0.0598. The Morgan fingerprint density at radius 2 is 2.00 bits per heavy atom. The first-order valence-corrected chi connectivity index (χ1v) is 6.69. The number of hydrogen-bond acceptors (Lipinski definition) is 1. The maximum Gasteiger partial charge on any atom is 0.254 e. The van der Waals surface area contributed by atoms with Crippen molar-refractivity contribution < 1.29 is 4.79 Å². The molecule has 1 aliphatic rings. The zero-order valence-electron chi connectivity index (χ0n) is 10.2. The molecule has 1 aliphatic carbocycles. The van der Waals surface area contributed by atoms with E-state index in [-0.39, 0.29) is 5.91 Å². The minimum absolute atomic E-state index is 0.121. The lowest BCUT2D eigenvalue weighted by Crippen LogP contribution is -2.45. The maximum absolute atomic E-state index is 12.3. The summed E-state index contributed by atoms with van der Waals surface area (Å²) in [6.45, 7) is 2.68. The monoisotopic (exact) mass is 251 g/mol. The molecule has 0 atom stereocenters. The van der Waals surface area contributed by atoms with Crippen LogP contribution in [0.4, 0.5) is 0 Å². The van der Waals surface area contributed by atoms with E-state index in [2.05, 4.69) is 0 Å². The van der Waals surface area contributed by atoms with E-state index in [1.54, 1.807) is 0 Å². The molecule has 2 nitrogen and oxygen atoms in total. The van der Waals surface area contributed by atoms with Gasteiger partial charge < -0.3 is 4.90 Å². The number of carbonyl (C=O) groups is 1. The molecule has 0 aromatic heterocycles. The first kappa shape index (κ1) is 12.4. The number of aryl methyl sites for hydroxylation is 1. The fraction of sp³-hybridized carbons (Fsp3) is 0.500. The molecule has 1 aromatic rings. The van der Waals surface area contributed by atoms with Crippen LogP contribution in [0.15, 0.2) is 24.3 Å². The highest BCUT2D eigenvalue weighted by molar-refractivity contribution is 6.18. The van der Waals surface area contributed by atoms with Crippen LogP contribution in [-0.4, -0.2) is 29.3 Å². The Labute approximate surface area is 108 Å². The molecule has 0 bridgehead atoms. The number of halogens is 1. The van der Waals surface area contributed by atoms with Gasteiger partial charge in [0.2, 0.25) is 0 Å². The van der Waals surface area contributed by atoms with Crippen LogP contribution in [-0.2, 0) is 0 Å². The molecule has 92 valence electrons. The molecule has 1 saturated carbocycles. The van der Waals surface area contributed by atoms with Crippen molar-refractivity contribution in [3.05, 3.63) is 35.4 Å². The summed E-state index contributed by atoms with van der Waals surface area (Å²) in [6.07, 6.45) is 3.47. The van der Waals surface area contributed by atoms with Gasteiger partial charge in [-0.2, -0.15) is 0 Å². The number of carbonyl (C=O) groups excluding carboxylic acids is 1. The van der Waals surface area contributed by atoms with E-state index in [1.165, 1.54) is 12.0 Å². The molecular formula is C14H18ClNO. The van der Waals surface area contributed by atoms with Gasteiger partial charge in [-0.05, 0) is 38.3 Å². The number of amides is 1. The molecule has 0 radical (unpaired) electrons. The average molecular weight is 252 g/mol. The first-order valence-electron chi connectivity index (χ1n) is 6.16. The van der Waals surface area contributed by atoms with E-state index in [0.717, 1.165) is 18.4 Å². The summed E-state index contributed by atoms with van der Waals surface area (Å²) in [7, 11) is 0. The molecular weight excluding hydrogens is 234 g/mol. The Balaban J connectivity index is 2.12. The molecule has 0 heterocycles. The number of hydrogen-bond donors (Lipinski definition) is 0. The van der Waals surface area contributed by atoms with Crippen LogP contribution in [0.5, 0.6) is 0 Å². The van der Waals surface area contributed by atoms with E-state index < -0.39 is 0 Å². The van der Waals surface area contributed by atoms with Gasteiger partial charge >= 0.3 is 0 Å². The third kappa shape index (κ3) is 2.81. The van der Waals surface area contributed by atoms with Gasteiger partial charge in [-0.25, -0.2) is 0 Å². The van der Waals surface area contributed by atoms with Crippen molar-refractivity contribution in [3.8, 4) is 0 Å². The lowest BCUT2D eigenvalue weighted by atomic mass is 9.91. The molecule has 1 amide bonds. The van der Waals surface area contributed by atoms with Gasteiger partial charge in [-0.1, -0.05) is 17.7 Å². The van der Waals surface area contributed by atoms with Crippen molar-refractivity contribution in [2.45, 2.75) is 32.2 Å². The normalized spacial score (nSPS) is 15.4. The molecule has 0 saturated heterocycles. The first-order chi connectivity index (χ1) is 8.22. The van der Waals surface area contributed by atoms with Crippen molar-refractivity contribution in [2.75, 3.05) is 12.4 Å². The van der Waals surface area contributed by atoms with Gasteiger partial charge in [0.25, 0.3) is 5.91 Å². The van der Waals surface area contributed by atoms with E-state index >= 15 is 0 Å². The molecule has 1 aromatic carbocycles. The Morgan fingerprint density at radius 1 is 1.35 bits per heavy atom. The highest BCUT2D eigenvalue weighted by Crippen LogP contribution is 2.26. The van der Waals surface area contributed by atoms with Crippen molar-refractivity contribution >= 4 is 17.5 Å². The third-order valence-corrected chi connectivity index (χ3v) is 3.57. The summed E-state index contributed by atoms with van der Waals surface area (Å²) < 4.78 is 0. The number of benzene rings is 1. The zero-order valence-corrected chi connectivity index (χ0v) is 10.9. The van der Waals surface area contributed by atoms with Crippen LogP contribution >= 0.6 is 11.6 Å². The van der Waals surface area contributed by atoms with Crippen LogP contribution in [0.1, 0.15) is 35.2 Å². The van der Waals surface area contributed by atoms with E-state index in [4.69, 9.17) is 11.6 Å². The molecule has 17 heavy (non-hydrogen) atoms. The minimum Gasteiger partial charge on any atom is -0.334 e. The van der Waals surface area contributed by atoms with Gasteiger partial charge in [-0.3, -0.25) is 4.79 Å². The highest BCUT2D eigenvalue weighted by Gasteiger charge is 2.28. The fourth-order valence-corrected chi connectivity index (χ4v) is 2.28. The van der Waals surface area contributed by atoms with Crippen molar-refractivity contribution in [3.63, 3.8) is 0 Å². The topological polar surface area (TPSA) is 20.3 Å². The van der Waals surface area contributed by atoms with Gasteiger partial charge in [0.05, 0.1) is 0 Å². The Bertz CT molecular complexity index is 384. The minimum atomic E-state index is 0.121. The molecule has 2 rings (SSSR count). The summed E-state index contributed by atoms with van der Waals surface area (Å²) in [5, 5.41) is 0. The average Bonchev–Trinajstić information content (AvgIpc) is 2.26. The van der Waals surface area contributed by atoms with Crippen LogP contribution in [0, 0.1) is 6.92 Å². The summed E-state index contributed by atoms with van der Waals surface area (Å²) >= 11 is 5.78. The maximum atomic E-state index is 12.3. The predicted molar refractivity (Wildman–Crippen MR) is 70.6 cm³/mol. The predicted octanol–water partition coefficient (Wildman–Crippen LogP) is 3.23. The Hall–Kier alpha value is -1.02. The second-order valence-electron chi connectivity index (χ2n) is 4.64. The number of nitrogens with zero attached hydrogens (tertiary/aromatic N) is 1. The molecule has 3 heteroatoms. The number of alkyl halides is 1. The highest BCUT2D eigenvalue weighted by atomic mass is 35.5. The smallest absolute Gasteiger partial charge is 0.254 e. The SMILES string of the molecule is Cc1ccc(C(=O)N(CCCl)C2CCC2)cc1. The van der Waals surface area contributed by atoms with Crippen LogP contribution in [0.3, 0.4) is 0 Å². The van der Waals surface area contributed by atoms with Gasteiger partial charge in [-0.15, -0.1) is 11.6 Å².